The highest BCUT2D eigenvalue weighted by Gasteiger charge is 2.09. The van der Waals surface area contributed by atoms with Gasteiger partial charge in [-0.15, -0.1) is 5.10 Å². The average Bonchev–Trinajstić information content (AvgIpc) is 3.17. The number of phenolic OH excluding ortho intramolecular Hbond substituents is 1. The van der Waals surface area contributed by atoms with Crippen molar-refractivity contribution in [3.05, 3.63) is 52.5 Å². The highest BCUT2D eigenvalue weighted by molar-refractivity contribution is 9.10. The Bertz CT molecular complexity index is 1030. The van der Waals surface area contributed by atoms with Gasteiger partial charge in [0.25, 0.3) is 0 Å². The number of aromatic amines is 1. The Hall–Kier alpha value is -3.05. The first-order valence-corrected chi connectivity index (χ1v) is 10.1. The van der Waals surface area contributed by atoms with Gasteiger partial charge < -0.3 is 15.2 Å². The minimum Gasteiger partial charge on any atom is -0.504 e. The van der Waals surface area contributed by atoms with Crippen LogP contribution in [-0.2, 0) is 4.79 Å². The van der Waals surface area contributed by atoms with Crippen LogP contribution in [0.5, 0.6) is 11.5 Å². The number of hydrazone groups is 1. The van der Waals surface area contributed by atoms with Crippen molar-refractivity contribution < 1.29 is 14.6 Å². The number of hydrogen-bond acceptors (Lipinski definition) is 8. The molecule has 0 saturated heterocycles. The van der Waals surface area contributed by atoms with E-state index in [4.69, 9.17) is 4.74 Å². The van der Waals surface area contributed by atoms with Gasteiger partial charge in [0.15, 0.2) is 11.5 Å². The molecule has 2 aromatic carbocycles. The molecule has 29 heavy (non-hydrogen) atoms. The third kappa shape index (κ3) is 5.72. The Kier molecular flexibility index (Phi) is 7.09. The summed E-state index contributed by atoms with van der Waals surface area (Å²) < 4.78 is 5.85. The number of phenols is 1. The van der Waals surface area contributed by atoms with Crippen molar-refractivity contribution in [2.45, 2.75) is 5.16 Å². The molecule has 0 atom stereocenters. The lowest BCUT2D eigenvalue weighted by Gasteiger charge is -2.05. The number of H-pyrrole nitrogens is 1. The number of halogens is 1. The molecule has 0 saturated carbocycles. The minimum absolute atomic E-state index is 0.00886. The van der Waals surface area contributed by atoms with Crippen molar-refractivity contribution in [2.75, 3.05) is 23.6 Å². The van der Waals surface area contributed by atoms with Crippen LogP contribution in [-0.4, -0.2) is 45.3 Å². The Morgan fingerprint density at radius 2 is 2.17 bits per heavy atom. The summed E-state index contributed by atoms with van der Waals surface area (Å²) in [5.41, 5.74) is 3.86. The third-order valence-electron chi connectivity index (χ3n) is 3.57. The molecule has 11 heteroatoms. The SMILES string of the molecule is COc1cccc(/C=N\Nc2nc(SCC(=O)Nc3ccccc3Br)n[nH]2)c1O. The van der Waals surface area contributed by atoms with Crippen molar-refractivity contribution in [3.8, 4) is 11.5 Å². The van der Waals surface area contributed by atoms with E-state index in [9.17, 15) is 9.90 Å². The Morgan fingerprint density at radius 1 is 1.34 bits per heavy atom. The molecule has 0 spiro atoms. The van der Waals surface area contributed by atoms with Gasteiger partial charge >= 0.3 is 0 Å². The van der Waals surface area contributed by atoms with Crippen molar-refractivity contribution in [2.24, 2.45) is 5.10 Å². The summed E-state index contributed by atoms with van der Waals surface area (Å²) in [5.74, 6) is 0.628. The number of rotatable bonds is 8. The Morgan fingerprint density at radius 3 is 2.97 bits per heavy atom. The highest BCUT2D eigenvalue weighted by Crippen LogP contribution is 2.28. The fourth-order valence-corrected chi connectivity index (χ4v) is 3.19. The fraction of sp³-hybridized carbons (Fsp3) is 0.111. The quantitative estimate of drug-likeness (QED) is 0.223. The van der Waals surface area contributed by atoms with Crippen LogP contribution in [0.15, 0.2) is 57.2 Å². The van der Waals surface area contributed by atoms with Gasteiger partial charge in [-0.3, -0.25) is 4.79 Å². The molecule has 4 N–H and O–H groups in total. The number of carbonyl (C=O) groups is 1. The van der Waals surface area contributed by atoms with Crippen LogP contribution in [0.25, 0.3) is 0 Å². The number of anilines is 2. The number of para-hydroxylation sites is 2. The summed E-state index contributed by atoms with van der Waals surface area (Å²) >= 11 is 4.56. The molecule has 0 aliphatic rings. The number of ether oxygens (including phenoxy) is 1. The number of nitrogens with one attached hydrogen (secondary N) is 3. The smallest absolute Gasteiger partial charge is 0.240 e. The number of methoxy groups -OCH3 is 1. The normalized spacial score (nSPS) is 10.8. The molecule has 1 amide bonds. The van der Waals surface area contributed by atoms with E-state index in [0.29, 0.717) is 28.1 Å². The first-order chi connectivity index (χ1) is 14.1. The van der Waals surface area contributed by atoms with Crippen LogP contribution in [0.1, 0.15) is 5.56 Å². The molecule has 0 fully saturated rings. The molecule has 0 radical (unpaired) electrons. The summed E-state index contributed by atoms with van der Waals surface area (Å²) in [6.45, 7) is 0. The molecular weight excluding hydrogens is 460 g/mol. The summed E-state index contributed by atoms with van der Waals surface area (Å²) in [4.78, 5) is 16.3. The lowest BCUT2D eigenvalue weighted by molar-refractivity contribution is -0.113. The number of aromatic nitrogens is 3. The van der Waals surface area contributed by atoms with E-state index >= 15 is 0 Å². The van der Waals surface area contributed by atoms with E-state index in [1.54, 1.807) is 24.3 Å². The first-order valence-electron chi connectivity index (χ1n) is 8.31. The van der Waals surface area contributed by atoms with Crippen LogP contribution >= 0.6 is 27.7 Å². The van der Waals surface area contributed by atoms with E-state index in [0.717, 1.165) is 4.47 Å². The minimum atomic E-state index is -0.173. The molecule has 1 aromatic heterocycles. The van der Waals surface area contributed by atoms with Gasteiger partial charge in [-0.1, -0.05) is 30.0 Å². The zero-order valence-electron chi connectivity index (χ0n) is 15.2. The number of benzene rings is 2. The average molecular weight is 477 g/mol. The molecule has 1 heterocycles. The maximum Gasteiger partial charge on any atom is 0.240 e. The van der Waals surface area contributed by atoms with E-state index < -0.39 is 0 Å². The van der Waals surface area contributed by atoms with Gasteiger partial charge in [0.2, 0.25) is 17.0 Å². The summed E-state index contributed by atoms with van der Waals surface area (Å²) in [7, 11) is 1.47. The van der Waals surface area contributed by atoms with E-state index in [1.807, 2.05) is 18.2 Å². The first kappa shape index (κ1) is 20.7. The summed E-state index contributed by atoms with van der Waals surface area (Å²) in [6, 6.07) is 12.4. The maximum atomic E-state index is 12.1. The number of carbonyl (C=O) groups excluding carboxylic acids is 1. The molecular formula is C18H17BrN6O3S. The topological polar surface area (TPSA) is 125 Å². The van der Waals surface area contributed by atoms with Crippen molar-refractivity contribution in [1.29, 1.82) is 0 Å². The van der Waals surface area contributed by atoms with Gasteiger partial charge in [-0.25, -0.2) is 10.5 Å². The summed E-state index contributed by atoms with van der Waals surface area (Å²) in [6.07, 6.45) is 1.43. The maximum absolute atomic E-state index is 12.1. The van der Waals surface area contributed by atoms with Crippen LogP contribution in [0.2, 0.25) is 0 Å². The number of hydrogen-bond donors (Lipinski definition) is 4. The van der Waals surface area contributed by atoms with Gasteiger partial charge in [-0.05, 0) is 40.2 Å². The van der Waals surface area contributed by atoms with Crippen LogP contribution in [0.3, 0.4) is 0 Å². The molecule has 9 nitrogen and oxygen atoms in total. The zero-order chi connectivity index (χ0) is 20.6. The second-order valence-corrected chi connectivity index (χ2v) is 7.35. The third-order valence-corrected chi connectivity index (χ3v) is 5.11. The van der Waals surface area contributed by atoms with Crippen molar-refractivity contribution in [1.82, 2.24) is 15.2 Å². The van der Waals surface area contributed by atoms with Gasteiger partial charge in [0.05, 0.1) is 24.8 Å². The standard InChI is InChI=1S/C18H17BrN6O3S/c1-28-14-8-4-5-11(16(14)27)9-20-23-17-22-18(25-24-17)29-10-15(26)21-13-7-3-2-6-12(13)19/h2-9,27H,10H2,1H3,(H,21,26)(H2,22,23,24,25)/b20-9-. The number of nitrogens with zero attached hydrogens (tertiary/aromatic N) is 3. The molecule has 3 aromatic rings. The van der Waals surface area contributed by atoms with Gasteiger partial charge in [0.1, 0.15) is 0 Å². The van der Waals surface area contributed by atoms with Crippen molar-refractivity contribution in [3.63, 3.8) is 0 Å². The van der Waals surface area contributed by atoms with E-state index in [-0.39, 0.29) is 17.4 Å². The lowest BCUT2D eigenvalue weighted by Crippen LogP contribution is -2.14. The van der Waals surface area contributed by atoms with E-state index in [1.165, 1.54) is 25.1 Å². The lowest BCUT2D eigenvalue weighted by atomic mass is 10.2. The number of amides is 1. The van der Waals surface area contributed by atoms with Crippen molar-refractivity contribution >= 4 is 51.4 Å². The number of thioether (sulfide) groups is 1. The predicted molar refractivity (Wildman–Crippen MR) is 116 cm³/mol. The second-order valence-electron chi connectivity index (χ2n) is 5.55. The largest absolute Gasteiger partial charge is 0.504 e. The number of aromatic hydroxyl groups is 1. The summed E-state index contributed by atoms with van der Waals surface area (Å²) in [5, 5.41) is 23.9. The molecule has 150 valence electrons. The Balaban J connectivity index is 1.51. The van der Waals surface area contributed by atoms with Gasteiger partial charge in [-0.2, -0.15) is 10.1 Å². The molecule has 0 bridgehead atoms. The molecule has 3 rings (SSSR count). The fourth-order valence-electron chi connectivity index (χ4n) is 2.21. The van der Waals surface area contributed by atoms with E-state index in [2.05, 4.69) is 47.0 Å². The van der Waals surface area contributed by atoms with Crippen LogP contribution < -0.4 is 15.5 Å². The second kappa shape index (κ2) is 9.94. The monoisotopic (exact) mass is 476 g/mol. The molecule has 0 aliphatic carbocycles. The molecule has 0 aliphatic heterocycles. The van der Waals surface area contributed by atoms with Crippen LogP contribution in [0.4, 0.5) is 11.6 Å². The van der Waals surface area contributed by atoms with Crippen LogP contribution in [0, 0.1) is 0 Å². The Labute approximate surface area is 179 Å². The molecule has 0 unspecified atom stereocenters. The van der Waals surface area contributed by atoms with Gasteiger partial charge in [0, 0.05) is 10.0 Å². The highest BCUT2D eigenvalue weighted by atomic mass is 79.9. The zero-order valence-corrected chi connectivity index (χ0v) is 17.6. The predicted octanol–water partition coefficient (Wildman–Crippen LogP) is 3.46.